The van der Waals surface area contributed by atoms with Crippen LogP contribution >= 0.6 is 11.6 Å². The Morgan fingerprint density at radius 2 is 2.18 bits per heavy atom. The number of hydrogen-bond acceptors (Lipinski definition) is 3. The number of ether oxygens (including phenoxy) is 1. The lowest BCUT2D eigenvalue weighted by molar-refractivity contribution is 0.239. The van der Waals surface area contributed by atoms with Crippen molar-refractivity contribution in [3.8, 4) is 11.5 Å². The van der Waals surface area contributed by atoms with Gasteiger partial charge in [0.2, 0.25) is 0 Å². The van der Waals surface area contributed by atoms with Crippen LogP contribution in [0.4, 0.5) is 0 Å². The molecule has 0 bridgehead atoms. The third kappa shape index (κ3) is 2.85. The third-order valence-corrected chi connectivity index (χ3v) is 3.51. The van der Waals surface area contributed by atoms with E-state index in [-0.39, 0.29) is 5.75 Å². The predicted octanol–water partition coefficient (Wildman–Crippen LogP) is 2.94. The molecule has 94 valence electrons. The lowest BCUT2D eigenvalue weighted by atomic mass is 9.82. The van der Waals surface area contributed by atoms with Crippen LogP contribution in [0.2, 0.25) is 5.02 Å². The van der Waals surface area contributed by atoms with Crippen LogP contribution in [0.1, 0.15) is 25.3 Å². The second-order valence-corrected chi connectivity index (χ2v) is 5.21. The van der Waals surface area contributed by atoms with Crippen molar-refractivity contribution >= 4 is 11.6 Å². The lowest BCUT2D eigenvalue weighted by Crippen LogP contribution is -2.39. The van der Waals surface area contributed by atoms with E-state index in [1.54, 1.807) is 12.1 Å². The number of halogens is 1. The standard InChI is InChI=1S/C13H18ClNO2/c1-8-3-11(4-8)15-7-9-5-10(14)6-12(17-2)13(9)16/h5-6,8,11,15-16H,3-4,7H2,1-2H3. The Hall–Kier alpha value is -0.930. The van der Waals surface area contributed by atoms with Gasteiger partial charge in [-0.05, 0) is 24.8 Å². The summed E-state index contributed by atoms with van der Waals surface area (Å²) in [6.45, 7) is 2.87. The molecule has 1 aromatic rings. The smallest absolute Gasteiger partial charge is 0.162 e. The fourth-order valence-electron chi connectivity index (χ4n) is 2.24. The van der Waals surface area contributed by atoms with Crippen LogP contribution in [0, 0.1) is 5.92 Å². The first-order valence-electron chi connectivity index (χ1n) is 5.89. The van der Waals surface area contributed by atoms with Gasteiger partial charge in [-0.2, -0.15) is 0 Å². The number of aromatic hydroxyl groups is 1. The summed E-state index contributed by atoms with van der Waals surface area (Å²) in [5.74, 6) is 1.42. The highest BCUT2D eigenvalue weighted by Crippen LogP contribution is 2.34. The van der Waals surface area contributed by atoms with Crippen LogP contribution < -0.4 is 10.1 Å². The second-order valence-electron chi connectivity index (χ2n) is 4.77. The minimum Gasteiger partial charge on any atom is -0.504 e. The SMILES string of the molecule is COc1cc(Cl)cc(CNC2CC(C)C2)c1O. The van der Waals surface area contributed by atoms with Crippen LogP contribution in [0.3, 0.4) is 0 Å². The van der Waals surface area contributed by atoms with Crippen LogP contribution in [-0.4, -0.2) is 18.3 Å². The zero-order chi connectivity index (χ0) is 12.4. The van der Waals surface area contributed by atoms with E-state index in [9.17, 15) is 5.11 Å². The van der Waals surface area contributed by atoms with Gasteiger partial charge in [0.15, 0.2) is 11.5 Å². The number of nitrogens with one attached hydrogen (secondary N) is 1. The van der Waals surface area contributed by atoms with Gasteiger partial charge in [0.05, 0.1) is 7.11 Å². The topological polar surface area (TPSA) is 41.5 Å². The van der Waals surface area contributed by atoms with Crippen molar-refractivity contribution in [2.24, 2.45) is 5.92 Å². The highest BCUT2D eigenvalue weighted by molar-refractivity contribution is 6.30. The van der Waals surface area contributed by atoms with Gasteiger partial charge in [-0.1, -0.05) is 18.5 Å². The van der Waals surface area contributed by atoms with Gasteiger partial charge in [0.25, 0.3) is 0 Å². The second kappa shape index (κ2) is 5.15. The first kappa shape index (κ1) is 12.5. The quantitative estimate of drug-likeness (QED) is 0.869. The van der Waals surface area contributed by atoms with Crippen molar-refractivity contribution in [3.63, 3.8) is 0 Å². The van der Waals surface area contributed by atoms with Crippen LogP contribution in [0.15, 0.2) is 12.1 Å². The number of rotatable bonds is 4. The zero-order valence-corrected chi connectivity index (χ0v) is 10.9. The Labute approximate surface area is 107 Å². The molecule has 0 heterocycles. The molecular formula is C13H18ClNO2. The van der Waals surface area contributed by atoms with Crippen LogP contribution in [-0.2, 0) is 6.54 Å². The van der Waals surface area contributed by atoms with Crippen molar-refractivity contribution in [3.05, 3.63) is 22.7 Å². The van der Waals surface area contributed by atoms with E-state index in [4.69, 9.17) is 16.3 Å². The molecule has 0 aromatic heterocycles. The summed E-state index contributed by atoms with van der Waals surface area (Å²) in [6, 6.07) is 3.95. The predicted molar refractivity (Wildman–Crippen MR) is 68.7 cm³/mol. The Morgan fingerprint density at radius 3 is 2.76 bits per heavy atom. The molecule has 2 rings (SSSR count). The van der Waals surface area contributed by atoms with E-state index in [0.29, 0.717) is 23.4 Å². The molecule has 4 heteroatoms. The van der Waals surface area contributed by atoms with E-state index in [2.05, 4.69) is 12.2 Å². The summed E-state index contributed by atoms with van der Waals surface area (Å²) < 4.78 is 5.07. The molecular weight excluding hydrogens is 238 g/mol. The summed E-state index contributed by atoms with van der Waals surface area (Å²) in [4.78, 5) is 0. The van der Waals surface area contributed by atoms with Gasteiger partial charge >= 0.3 is 0 Å². The molecule has 0 amide bonds. The summed E-state index contributed by atoms with van der Waals surface area (Å²) in [5, 5.41) is 13.9. The maximum atomic E-state index is 9.95. The molecule has 0 atom stereocenters. The van der Waals surface area contributed by atoms with E-state index >= 15 is 0 Å². The lowest BCUT2D eigenvalue weighted by Gasteiger charge is -2.33. The summed E-state index contributed by atoms with van der Waals surface area (Å²) >= 11 is 5.97. The third-order valence-electron chi connectivity index (χ3n) is 3.29. The number of hydrogen-bond donors (Lipinski definition) is 2. The first-order chi connectivity index (χ1) is 8.10. The van der Waals surface area contributed by atoms with Crippen LogP contribution in [0.5, 0.6) is 11.5 Å². The summed E-state index contributed by atoms with van der Waals surface area (Å²) in [5.41, 5.74) is 0.786. The minimum atomic E-state index is 0.178. The number of benzene rings is 1. The maximum Gasteiger partial charge on any atom is 0.162 e. The Balaban J connectivity index is 2.02. The molecule has 0 aliphatic heterocycles. The van der Waals surface area contributed by atoms with E-state index in [1.165, 1.54) is 20.0 Å². The summed E-state index contributed by atoms with van der Waals surface area (Å²) in [7, 11) is 1.52. The van der Waals surface area contributed by atoms with Crippen molar-refractivity contribution in [2.75, 3.05) is 7.11 Å². The fourth-order valence-corrected chi connectivity index (χ4v) is 2.47. The molecule has 1 saturated carbocycles. The monoisotopic (exact) mass is 255 g/mol. The van der Waals surface area contributed by atoms with Crippen molar-refractivity contribution < 1.29 is 9.84 Å². The van der Waals surface area contributed by atoms with Crippen molar-refractivity contribution in [1.82, 2.24) is 5.32 Å². The molecule has 2 N–H and O–H groups in total. The molecule has 0 spiro atoms. The average molecular weight is 256 g/mol. The molecule has 0 radical (unpaired) electrons. The van der Waals surface area contributed by atoms with Gasteiger partial charge in [-0.25, -0.2) is 0 Å². The Bertz CT molecular complexity index is 403. The molecule has 1 aliphatic rings. The van der Waals surface area contributed by atoms with Gasteiger partial charge in [0.1, 0.15) is 0 Å². The average Bonchev–Trinajstić information content (AvgIpc) is 2.26. The van der Waals surface area contributed by atoms with Crippen molar-refractivity contribution in [1.29, 1.82) is 0 Å². The van der Waals surface area contributed by atoms with Gasteiger partial charge < -0.3 is 15.2 Å². The zero-order valence-electron chi connectivity index (χ0n) is 10.2. The molecule has 3 nitrogen and oxygen atoms in total. The maximum absolute atomic E-state index is 9.95. The van der Waals surface area contributed by atoms with Crippen LogP contribution in [0.25, 0.3) is 0 Å². The highest BCUT2D eigenvalue weighted by atomic mass is 35.5. The highest BCUT2D eigenvalue weighted by Gasteiger charge is 2.24. The molecule has 0 saturated heterocycles. The van der Waals surface area contributed by atoms with Gasteiger partial charge in [-0.15, -0.1) is 0 Å². The molecule has 17 heavy (non-hydrogen) atoms. The largest absolute Gasteiger partial charge is 0.504 e. The molecule has 1 aliphatic carbocycles. The molecule has 1 aromatic carbocycles. The molecule has 1 fully saturated rings. The number of phenolic OH excluding ortho intramolecular Hbond substituents is 1. The Kier molecular flexibility index (Phi) is 3.79. The summed E-state index contributed by atoms with van der Waals surface area (Å²) in [6.07, 6.45) is 2.41. The van der Waals surface area contributed by atoms with Crippen molar-refractivity contribution in [2.45, 2.75) is 32.4 Å². The number of methoxy groups -OCH3 is 1. The number of phenols is 1. The van der Waals surface area contributed by atoms with E-state index in [0.717, 1.165) is 11.5 Å². The van der Waals surface area contributed by atoms with Gasteiger partial charge in [-0.3, -0.25) is 0 Å². The minimum absolute atomic E-state index is 0.178. The fraction of sp³-hybridized carbons (Fsp3) is 0.538. The van der Waals surface area contributed by atoms with E-state index < -0.39 is 0 Å². The molecule has 0 unspecified atom stereocenters. The van der Waals surface area contributed by atoms with E-state index in [1.807, 2.05) is 0 Å². The Morgan fingerprint density at radius 1 is 1.47 bits per heavy atom. The first-order valence-corrected chi connectivity index (χ1v) is 6.26. The van der Waals surface area contributed by atoms with Gasteiger partial charge in [0, 0.05) is 29.2 Å². The normalized spacial score (nSPS) is 23.2.